The van der Waals surface area contributed by atoms with Gasteiger partial charge in [0.2, 0.25) is 5.91 Å². The van der Waals surface area contributed by atoms with Crippen LogP contribution in [0.3, 0.4) is 0 Å². The zero-order valence-corrected chi connectivity index (χ0v) is 13.8. The number of carbonyl (C=O) groups is 1. The highest BCUT2D eigenvalue weighted by molar-refractivity contribution is 5.95. The van der Waals surface area contributed by atoms with Gasteiger partial charge < -0.3 is 15.5 Å². The molecule has 1 aliphatic heterocycles. The number of anilines is 1. The van der Waals surface area contributed by atoms with Crippen molar-refractivity contribution in [1.82, 2.24) is 10.2 Å². The third-order valence-electron chi connectivity index (χ3n) is 4.02. The number of amides is 1. The lowest BCUT2D eigenvalue weighted by atomic mass is 10.00. The molecule has 1 fully saturated rings. The molecule has 5 nitrogen and oxygen atoms in total. The van der Waals surface area contributed by atoms with Gasteiger partial charge in [0, 0.05) is 31.4 Å². The van der Waals surface area contributed by atoms with E-state index in [9.17, 15) is 4.79 Å². The van der Waals surface area contributed by atoms with Gasteiger partial charge in [0.1, 0.15) is 0 Å². The summed E-state index contributed by atoms with van der Waals surface area (Å²) in [5, 5.41) is 5.96. The van der Waals surface area contributed by atoms with Crippen molar-refractivity contribution in [3.63, 3.8) is 0 Å². The highest BCUT2D eigenvalue weighted by atomic mass is 16.1. The first-order valence-corrected chi connectivity index (χ1v) is 7.94. The molecule has 0 aliphatic carbocycles. The molecule has 1 aliphatic rings. The quantitative estimate of drug-likeness (QED) is 0.509. The van der Waals surface area contributed by atoms with E-state index in [1.165, 1.54) is 0 Å². The van der Waals surface area contributed by atoms with E-state index < -0.39 is 0 Å². The third kappa shape index (κ3) is 5.03. The summed E-state index contributed by atoms with van der Waals surface area (Å²) in [4.78, 5) is 18.5. The number of aliphatic imine (C=N–C) groups is 1. The minimum atomic E-state index is -0.120. The van der Waals surface area contributed by atoms with Crippen molar-refractivity contribution in [2.24, 2.45) is 10.9 Å². The molecule has 1 aromatic carbocycles. The molecular weight excluding hydrogens is 288 g/mol. The predicted molar refractivity (Wildman–Crippen MR) is 94.3 cm³/mol. The minimum absolute atomic E-state index is 0.120. The molecule has 0 spiro atoms. The molecule has 2 N–H and O–H groups in total. The summed E-state index contributed by atoms with van der Waals surface area (Å²) in [5.74, 6) is 3.98. The molecule has 0 unspecified atom stereocenters. The first kappa shape index (κ1) is 16.9. The number of carbonyl (C=O) groups excluding carboxylic acids is 1. The van der Waals surface area contributed by atoms with E-state index in [1.54, 1.807) is 13.1 Å². The van der Waals surface area contributed by atoms with E-state index in [0.717, 1.165) is 43.4 Å². The Labute approximate surface area is 138 Å². The Hall–Kier alpha value is -2.48. The number of rotatable bonds is 3. The van der Waals surface area contributed by atoms with Crippen LogP contribution in [0.2, 0.25) is 0 Å². The number of benzene rings is 1. The lowest BCUT2D eigenvalue weighted by Crippen LogP contribution is -2.47. The summed E-state index contributed by atoms with van der Waals surface area (Å²) >= 11 is 0. The Morgan fingerprint density at radius 2 is 2.17 bits per heavy atom. The van der Waals surface area contributed by atoms with Gasteiger partial charge in [-0.2, -0.15) is 0 Å². The molecule has 122 valence electrons. The van der Waals surface area contributed by atoms with Crippen LogP contribution in [-0.2, 0) is 4.79 Å². The average molecular weight is 312 g/mol. The lowest BCUT2D eigenvalue weighted by Gasteiger charge is -2.32. The van der Waals surface area contributed by atoms with Crippen LogP contribution >= 0.6 is 0 Å². The van der Waals surface area contributed by atoms with Gasteiger partial charge in [0.25, 0.3) is 0 Å². The Balaban J connectivity index is 1.84. The van der Waals surface area contributed by atoms with Crippen LogP contribution in [0.5, 0.6) is 0 Å². The number of guanidine groups is 1. The van der Waals surface area contributed by atoms with E-state index >= 15 is 0 Å². The van der Waals surface area contributed by atoms with Gasteiger partial charge in [-0.25, -0.2) is 0 Å². The maximum atomic E-state index is 12.1. The van der Waals surface area contributed by atoms with E-state index in [-0.39, 0.29) is 12.5 Å². The first-order chi connectivity index (χ1) is 11.1. The van der Waals surface area contributed by atoms with Crippen molar-refractivity contribution in [3.8, 4) is 12.3 Å². The molecule has 0 bridgehead atoms. The Bertz CT molecular complexity index is 610. The second-order valence-electron chi connectivity index (χ2n) is 5.84. The number of piperidine rings is 1. The van der Waals surface area contributed by atoms with Crippen LogP contribution in [0.4, 0.5) is 5.69 Å². The molecule has 0 atom stereocenters. The van der Waals surface area contributed by atoms with Gasteiger partial charge in [-0.3, -0.25) is 9.79 Å². The van der Waals surface area contributed by atoms with Crippen LogP contribution in [0.25, 0.3) is 0 Å². The Morgan fingerprint density at radius 3 is 2.83 bits per heavy atom. The number of likely N-dealkylation sites (tertiary alicyclic amines) is 1. The molecule has 5 heteroatoms. The fourth-order valence-corrected chi connectivity index (χ4v) is 2.60. The second kappa shape index (κ2) is 8.23. The molecule has 1 aromatic rings. The largest absolute Gasteiger partial charge is 0.347 e. The maximum Gasteiger partial charge on any atom is 0.243 e. The molecule has 1 heterocycles. The highest BCUT2D eigenvalue weighted by Gasteiger charge is 2.18. The van der Waals surface area contributed by atoms with Gasteiger partial charge in [0.05, 0.1) is 6.54 Å². The van der Waals surface area contributed by atoms with Gasteiger partial charge in [-0.05, 0) is 37.0 Å². The van der Waals surface area contributed by atoms with Crippen LogP contribution in [0, 0.1) is 18.3 Å². The van der Waals surface area contributed by atoms with Gasteiger partial charge in [-0.1, -0.05) is 18.9 Å². The van der Waals surface area contributed by atoms with E-state index in [2.05, 4.69) is 33.4 Å². The smallest absolute Gasteiger partial charge is 0.243 e. The standard InChI is InChI=1S/C18H24N4O/c1-4-15-6-5-7-16(12-15)21-17(23)13-20-18(19-3)22-10-8-14(2)9-11-22/h1,5-7,12,14H,8-11,13H2,2-3H3,(H,19,20)(H,21,23). The first-order valence-electron chi connectivity index (χ1n) is 7.94. The average Bonchev–Trinajstić information content (AvgIpc) is 2.57. The predicted octanol–water partition coefficient (Wildman–Crippen LogP) is 1.91. The zero-order valence-electron chi connectivity index (χ0n) is 13.8. The molecule has 0 radical (unpaired) electrons. The molecular formula is C18H24N4O. The van der Waals surface area contributed by atoms with E-state index in [1.807, 2.05) is 18.2 Å². The zero-order chi connectivity index (χ0) is 16.7. The van der Waals surface area contributed by atoms with Crippen LogP contribution < -0.4 is 10.6 Å². The number of hydrogen-bond acceptors (Lipinski definition) is 2. The van der Waals surface area contributed by atoms with Crippen molar-refractivity contribution in [1.29, 1.82) is 0 Å². The monoisotopic (exact) mass is 312 g/mol. The molecule has 0 aromatic heterocycles. The molecule has 0 saturated carbocycles. The molecule has 1 amide bonds. The third-order valence-corrected chi connectivity index (χ3v) is 4.02. The van der Waals surface area contributed by atoms with Gasteiger partial charge >= 0.3 is 0 Å². The Kier molecular flexibility index (Phi) is 6.04. The second-order valence-corrected chi connectivity index (χ2v) is 5.84. The van der Waals surface area contributed by atoms with Crippen molar-refractivity contribution in [2.75, 3.05) is 32.0 Å². The van der Waals surface area contributed by atoms with E-state index in [4.69, 9.17) is 6.42 Å². The van der Waals surface area contributed by atoms with Crippen LogP contribution in [-0.4, -0.2) is 43.4 Å². The summed E-state index contributed by atoms with van der Waals surface area (Å²) in [6, 6.07) is 7.25. The number of hydrogen-bond donors (Lipinski definition) is 2. The minimum Gasteiger partial charge on any atom is -0.347 e. The Morgan fingerprint density at radius 1 is 1.43 bits per heavy atom. The number of nitrogens with one attached hydrogen (secondary N) is 2. The van der Waals surface area contributed by atoms with Crippen molar-refractivity contribution in [2.45, 2.75) is 19.8 Å². The SMILES string of the molecule is C#Cc1cccc(NC(=O)CNC(=NC)N2CCC(C)CC2)c1. The van der Waals surface area contributed by atoms with Crippen molar-refractivity contribution >= 4 is 17.6 Å². The number of nitrogens with zero attached hydrogens (tertiary/aromatic N) is 2. The topological polar surface area (TPSA) is 56.7 Å². The summed E-state index contributed by atoms with van der Waals surface area (Å²) in [6.07, 6.45) is 7.68. The van der Waals surface area contributed by atoms with E-state index in [0.29, 0.717) is 5.69 Å². The highest BCUT2D eigenvalue weighted by Crippen LogP contribution is 2.15. The van der Waals surface area contributed by atoms with Crippen molar-refractivity contribution < 1.29 is 4.79 Å². The van der Waals surface area contributed by atoms with Crippen LogP contribution in [0.1, 0.15) is 25.3 Å². The molecule has 23 heavy (non-hydrogen) atoms. The summed E-state index contributed by atoms with van der Waals surface area (Å²) < 4.78 is 0. The van der Waals surface area contributed by atoms with Gasteiger partial charge in [-0.15, -0.1) is 6.42 Å². The maximum absolute atomic E-state index is 12.1. The summed E-state index contributed by atoms with van der Waals surface area (Å²) in [7, 11) is 1.74. The molecule has 1 saturated heterocycles. The fourth-order valence-electron chi connectivity index (χ4n) is 2.60. The van der Waals surface area contributed by atoms with Gasteiger partial charge in [0.15, 0.2) is 5.96 Å². The lowest BCUT2D eigenvalue weighted by molar-refractivity contribution is -0.115. The normalized spacial score (nSPS) is 15.9. The number of terminal acetylenes is 1. The van der Waals surface area contributed by atoms with Crippen LogP contribution in [0.15, 0.2) is 29.3 Å². The summed E-state index contributed by atoms with van der Waals surface area (Å²) in [6.45, 7) is 4.41. The molecule has 2 rings (SSSR count). The van der Waals surface area contributed by atoms with Crippen molar-refractivity contribution in [3.05, 3.63) is 29.8 Å². The fraction of sp³-hybridized carbons (Fsp3) is 0.444. The summed E-state index contributed by atoms with van der Waals surface area (Å²) in [5.41, 5.74) is 1.45.